The van der Waals surface area contributed by atoms with Crippen molar-refractivity contribution in [3.05, 3.63) is 54.4 Å². The molecule has 1 aromatic carbocycles. The van der Waals surface area contributed by atoms with Gasteiger partial charge in [-0.15, -0.1) is 0 Å². The first-order valence-electron chi connectivity index (χ1n) is 6.70. The van der Waals surface area contributed by atoms with Crippen LogP contribution >= 0.6 is 12.2 Å². The van der Waals surface area contributed by atoms with E-state index in [9.17, 15) is 4.79 Å². The van der Waals surface area contributed by atoms with Crippen molar-refractivity contribution in [3.63, 3.8) is 0 Å². The lowest BCUT2D eigenvalue weighted by molar-refractivity contribution is -0.121. The van der Waals surface area contributed by atoms with Crippen molar-refractivity contribution >= 4 is 23.1 Å². The van der Waals surface area contributed by atoms with Crippen LogP contribution in [-0.4, -0.2) is 26.7 Å². The lowest BCUT2D eigenvalue weighted by Crippen LogP contribution is -2.42. The van der Waals surface area contributed by atoms with Crippen molar-refractivity contribution in [3.8, 4) is 0 Å². The molecule has 1 aromatic heterocycles. The minimum absolute atomic E-state index is 0.0713. The highest BCUT2D eigenvalue weighted by Crippen LogP contribution is 2.16. The van der Waals surface area contributed by atoms with Crippen molar-refractivity contribution in [1.29, 1.82) is 0 Å². The molecule has 1 amide bonds. The molecule has 2 atom stereocenters. The zero-order valence-electron chi connectivity index (χ0n) is 11.8. The molecule has 0 aliphatic rings. The van der Waals surface area contributed by atoms with E-state index in [1.807, 2.05) is 49.5 Å². The van der Waals surface area contributed by atoms with Gasteiger partial charge >= 0.3 is 0 Å². The van der Waals surface area contributed by atoms with Crippen LogP contribution in [0, 0.1) is 0 Å². The summed E-state index contributed by atoms with van der Waals surface area (Å²) in [5.74, 6) is -0.797. The third-order valence-electron chi connectivity index (χ3n) is 3.09. The van der Waals surface area contributed by atoms with Crippen LogP contribution in [0.5, 0.6) is 0 Å². The largest absolute Gasteiger partial charge is 0.392 e. The van der Waals surface area contributed by atoms with Gasteiger partial charge in [0.1, 0.15) is 5.92 Å². The Hall–Kier alpha value is -2.21. The van der Waals surface area contributed by atoms with Gasteiger partial charge in [-0.2, -0.15) is 5.10 Å². The zero-order valence-corrected chi connectivity index (χ0v) is 12.6. The molecule has 0 spiro atoms. The summed E-state index contributed by atoms with van der Waals surface area (Å²) < 4.78 is 1.77. The number of nitrogens with one attached hydrogen (secondary N) is 1. The second kappa shape index (κ2) is 6.99. The Bertz CT molecular complexity index is 597. The Morgan fingerprint density at radius 1 is 1.38 bits per heavy atom. The number of hydrogen-bond acceptors (Lipinski definition) is 3. The van der Waals surface area contributed by atoms with E-state index in [4.69, 9.17) is 18.0 Å². The van der Waals surface area contributed by atoms with Gasteiger partial charge in [-0.3, -0.25) is 9.48 Å². The molecule has 0 fully saturated rings. The van der Waals surface area contributed by atoms with Crippen LogP contribution in [0.1, 0.15) is 18.4 Å². The first-order valence-corrected chi connectivity index (χ1v) is 7.11. The molecule has 0 saturated heterocycles. The van der Waals surface area contributed by atoms with Gasteiger partial charge in [0.15, 0.2) is 0 Å². The van der Waals surface area contributed by atoms with E-state index in [-0.39, 0.29) is 16.9 Å². The van der Waals surface area contributed by atoms with E-state index in [2.05, 4.69) is 10.4 Å². The quantitative estimate of drug-likeness (QED) is 0.792. The molecule has 110 valence electrons. The molecule has 0 radical (unpaired) electrons. The number of benzene rings is 1. The lowest BCUT2D eigenvalue weighted by atomic mass is 9.98. The molecule has 0 aliphatic heterocycles. The van der Waals surface area contributed by atoms with E-state index in [0.29, 0.717) is 6.54 Å². The molecule has 6 heteroatoms. The van der Waals surface area contributed by atoms with Gasteiger partial charge in [-0.1, -0.05) is 42.5 Å². The summed E-state index contributed by atoms with van der Waals surface area (Å²) in [6, 6.07) is 11.1. The standard InChI is InChI=1S/C15H18N4OS/c1-11(10-19-9-5-8-17-19)18-15(20)13(14(16)21)12-6-3-2-4-7-12/h2-9,11,13H,10H2,1H3,(H2,16,21)(H,18,20). The summed E-state index contributed by atoms with van der Waals surface area (Å²) in [5, 5.41) is 7.05. The fraction of sp³-hybridized carbons (Fsp3) is 0.267. The van der Waals surface area contributed by atoms with Crippen LogP contribution < -0.4 is 11.1 Å². The summed E-state index contributed by atoms with van der Waals surface area (Å²) in [6.45, 7) is 2.51. The van der Waals surface area contributed by atoms with Crippen molar-refractivity contribution < 1.29 is 4.79 Å². The van der Waals surface area contributed by atoms with E-state index < -0.39 is 5.92 Å². The molecule has 2 unspecified atom stereocenters. The van der Waals surface area contributed by atoms with Gasteiger partial charge in [0.25, 0.3) is 0 Å². The smallest absolute Gasteiger partial charge is 0.234 e. The summed E-state index contributed by atoms with van der Waals surface area (Å²) in [5.41, 5.74) is 6.53. The molecule has 2 rings (SSSR count). The van der Waals surface area contributed by atoms with Crippen molar-refractivity contribution in [1.82, 2.24) is 15.1 Å². The second-order valence-electron chi connectivity index (χ2n) is 4.88. The SMILES string of the molecule is CC(Cn1cccn1)NC(=O)C(C(N)=S)c1ccccc1. The zero-order chi connectivity index (χ0) is 15.2. The molecule has 1 heterocycles. The highest BCUT2D eigenvalue weighted by molar-refractivity contribution is 7.80. The highest BCUT2D eigenvalue weighted by atomic mass is 32.1. The maximum absolute atomic E-state index is 12.4. The molecule has 0 bridgehead atoms. The number of nitrogens with zero attached hydrogens (tertiary/aromatic N) is 2. The van der Waals surface area contributed by atoms with E-state index in [1.165, 1.54) is 0 Å². The van der Waals surface area contributed by atoms with E-state index in [0.717, 1.165) is 5.56 Å². The first kappa shape index (κ1) is 15.2. The number of amides is 1. The van der Waals surface area contributed by atoms with Gasteiger partial charge < -0.3 is 11.1 Å². The molecular weight excluding hydrogens is 284 g/mol. The second-order valence-corrected chi connectivity index (χ2v) is 5.36. The molecule has 5 nitrogen and oxygen atoms in total. The molecule has 0 aliphatic carbocycles. The maximum Gasteiger partial charge on any atom is 0.234 e. The predicted molar refractivity (Wildman–Crippen MR) is 85.8 cm³/mol. The normalized spacial score (nSPS) is 13.4. The first-order chi connectivity index (χ1) is 10.1. The number of aromatic nitrogens is 2. The number of nitrogens with two attached hydrogens (primary N) is 1. The monoisotopic (exact) mass is 302 g/mol. The number of thiocarbonyl (C=S) groups is 1. The van der Waals surface area contributed by atoms with Crippen LogP contribution in [0.4, 0.5) is 0 Å². The molecule has 21 heavy (non-hydrogen) atoms. The lowest BCUT2D eigenvalue weighted by Gasteiger charge is -2.20. The molecule has 2 aromatic rings. The summed E-state index contributed by atoms with van der Waals surface area (Å²) in [6.07, 6.45) is 3.56. The van der Waals surface area contributed by atoms with Crippen molar-refractivity contribution in [2.45, 2.75) is 25.4 Å². The minimum atomic E-state index is -0.610. The maximum atomic E-state index is 12.4. The van der Waals surface area contributed by atoms with Crippen LogP contribution in [0.3, 0.4) is 0 Å². The molecule has 0 saturated carbocycles. The van der Waals surface area contributed by atoms with Crippen LogP contribution in [-0.2, 0) is 11.3 Å². The highest BCUT2D eigenvalue weighted by Gasteiger charge is 2.24. The fourth-order valence-electron chi connectivity index (χ4n) is 2.15. The summed E-state index contributed by atoms with van der Waals surface area (Å²) in [7, 11) is 0. The number of carbonyl (C=O) groups excluding carboxylic acids is 1. The summed E-state index contributed by atoms with van der Waals surface area (Å²) in [4.78, 5) is 12.6. The molecule has 3 N–H and O–H groups in total. The Balaban J connectivity index is 2.04. The number of hydrogen-bond donors (Lipinski definition) is 2. The Labute approximate surface area is 129 Å². The fourth-order valence-corrected chi connectivity index (χ4v) is 2.39. The van der Waals surface area contributed by atoms with Gasteiger partial charge in [-0.25, -0.2) is 0 Å². The van der Waals surface area contributed by atoms with Crippen LogP contribution in [0.2, 0.25) is 0 Å². The van der Waals surface area contributed by atoms with E-state index in [1.54, 1.807) is 10.9 Å². The minimum Gasteiger partial charge on any atom is -0.392 e. The van der Waals surface area contributed by atoms with Gasteiger partial charge in [0.2, 0.25) is 5.91 Å². The summed E-state index contributed by atoms with van der Waals surface area (Å²) >= 11 is 5.04. The van der Waals surface area contributed by atoms with Crippen molar-refractivity contribution in [2.24, 2.45) is 5.73 Å². The van der Waals surface area contributed by atoms with Crippen LogP contribution in [0.25, 0.3) is 0 Å². The number of carbonyl (C=O) groups is 1. The third kappa shape index (κ3) is 4.13. The van der Waals surface area contributed by atoms with Gasteiger partial charge in [-0.05, 0) is 18.6 Å². The average Bonchev–Trinajstić information content (AvgIpc) is 2.92. The Morgan fingerprint density at radius 2 is 2.10 bits per heavy atom. The Kier molecular flexibility index (Phi) is 5.05. The number of rotatable bonds is 6. The topological polar surface area (TPSA) is 72.9 Å². The van der Waals surface area contributed by atoms with Gasteiger partial charge in [0, 0.05) is 18.4 Å². The average molecular weight is 302 g/mol. The molecular formula is C15H18N4OS. The predicted octanol–water partition coefficient (Wildman–Crippen LogP) is 1.46. The van der Waals surface area contributed by atoms with Gasteiger partial charge in [0.05, 0.1) is 11.5 Å². The van der Waals surface area contributed by atoms with E-state index >= 15 is 0 Å². The van der Waals surface area contributed by atoms with Crippen LogP contribution in [0.15, 0.2) is 48.8 Å². The third-order valence-corrected chi connectivity index (χ3v) is 3.32. The van der Waals surface area contributed by atoms with Crippen molar-refractivity contribution in [2.75, 3.05) is 0 Å². The Morgan fingerprint density at radius 3 is 2.67 bits per heavy atom.